The van der Waals surface area contributed by atoms with E-state index in [0.717, 1.165) is 67.0 Å². The average Bonchev–Trinajstić information content (AvgIpc) is 2.86. The Bertz CT molecular complexity index is 1020. The van der Waals surface area contributed by atoms with Gasteiger partial charge in [-0.1, -0.05) is 50.2 Å². The molecule has 7 heteroatoms. The van der Waals surface area contributed by atoms with Crippen molar-refractivity contribution in [1.82, 2.24) is 4.90 Å². The van der Waals surface area contributed by atoms with Crippen LogP contribution in [0.15, 0.2) is 36.4 Å². The molecule has 1 aliphatic carbocycles. The highest BCUT2D eigenvalue weighted by molar-refractivity contribution is 8.13. The lowest BCUT2D eigenvalue weighted by Gasteiger charge is -2.30. The number of nitrogens with one attached hydrogen (secondary N) is 3. The van der Waals surface area contributed by atoms with E-state index in [1.54, 1.807) is 19.0 Å². The first-order valence-corrected chi connectivity index (χ1v) is 14.2. The molecule has 0 spiro atoms. The molecule has 196 valence electrons. The molecule has 0 heterocycles. The van der Waals surface area contributed by atoms with Crippen LogP contribution in [0.3, 0.4) is 0 Å². The summed E-state index contributed by atoms with van der Waals surface area (Å²) in [4.78, 5) is 26.3. The van der Waals surface area contributed by atoms with Gasteiger partial charge in [-0.2, -0.15) is 0 Å². The summed E-state index contributed by atoms with van der Waals surface area (Å²) in [5, 5.41) is 10.4. The average molecular weight is 511 g/mol. The lowest BCUT2D eigenvalue weighted by atomic mass is 9.85. The van der Waals surface area contributed by atoms with Crippen molar-refractivity contribution < 1.29 is 9.59 Å². The van der Waals surface area contributed by atoms with E-state index in [4.69, 9.17) is 0 Å². The Labute approximate surface area is 221 Å². The van der Waals surface area contributed by atoms with E-state index in [9.17, 15) is 9.59 Å². The summed E-state index contributed by atoms with van der Waals surface area (Å²) in [7, 11) is 3.56. The summed E-state index contributed by atoms with van der Waals surface area (Å²) < 4.78 is 0. The molecule has 3 N–H and O–H groups in total. The van der Waals surface area contributed by atoms with Gasteiger partial charge < -0.3 is 20.9 Å². The topological polar surface area (TPSA) is 73.5 Å². The zero-order chi connectivity index (χ0) is 26.1. The molecular formula is C29H42N4O2S. The van der Waals surface area contributed by atoms with Crippen LogP contribution < -0.4 is 16.0 Å². The summed E-state index contributed by atoms with van der Waals surface area (Å²) in [5.41, 5.74) is 6.55. The maximum atomic E-state index is 12.6. The van der Waals surface area contributed by atoms with Crippen molar-refractivity contribution >= 4 is 40.0 Å². The van der Waals surface area contributed by atoms with E-state index in [1.165, 1.54) is 22.9 Å². The Balaban J connectivity index is 1.72. The van der Waals surface area contributed by atoms with Gasteiger partial charge in [0.25, 0.3) is 5.24 Å². The van der Waals surface area contributed by atoms with Gasteiger partial charge in [-0.15, -0.1) is 0 Å². The molecule has 0 radical (unpaired) electrons. The molecule has 1 aliphatic rings. The minimum absolute atomic E-state index is 0.00993. The second-order valence-corrected chi connectivity index (χ2v) is 11.0. The van der Waals surface area contributed by atoms with Crippen LogP contribution in [0.4, 0.5) is 21.9 Å². The molecule has 6 nitrogen and oxygen atoms in total. The van der Waals surface area contributed by atoms with Crippen LogP contribution in [0.25, 0.3) is 0 Å². The van der Waals surface area contributed by atoms with Crippen LogP contribution in [0.1, 0.15) is 69.2 Å². The third-order valence-electron chi connectivity index (χ3n) is 6.92. The molecule has 3 rings (SSSR count). The zero-order valence-electron chi connectivity index (χ0n) is 22.4. The first-order valence-electron chi connectivity index (χ1n) is 13.2. The highest BCUT2D eigenvalue weighted by atomic mass is 32.2. The van der Waals surface area contributed by atoms with Crippen LogP contribution in [-0.4, -0.2) is 42.4 Å². The minimum atomic E-state index is 0.00993. The number of amides is 2. The van der Waals surface area contributed by atoms with Crippen molar-refractivity contribution in [3.8, 4) is 0 Å². The molecule has 0 saturated heterocycles. The van der Waals surface area contributed by atoms with Crippen molar-refractivity contribution in [2.45, 2.75) is 65.3 Å². The number of thioether (sulfide) groups is 1. The van der Waals surface area contributed by atoms with Gasteiger partial charge in [0.2, 0.25) is 5.91 Å². The molecule has 2 unspecified atom stereocenters. The summed E-state index contributed by atoms with van der Waals surface area (Å²) >= 11 is 1.37. The molecule has 0 aliphatic heterocycles. The quantitative estimate of drug-likeness (QED) is 0.305. The van der Waals surface area contributed by atoms with Crippen molar-refractivity contribution in [2.75, 3.05) is 42.3 Å². The van der Waals surface area contributed by atoms with Gasteiger partial charge in [-0.3, -0.25) is 9.59 Å². The van der Waals surface area contributed by atoms with Crippen LogP contribution in [-0.2, 0) is 17.6 Å². The highest BCUT2D eigenvalue weighted by Crippen LogP contribution is 2.40. The molecule has 0 fully saturated rings. The molecule has 0 bridgehead atoms. The van der Waals surface area contributed by atoms with Gasteiger partial charge in [0, 0.05) is 32.1 Å². The summed E-state index contributed by atoms with van der Waals surface area (Å²) in [5.74, 6) is 1.59. The fourth-order valence-electron chi connectivity index (χ4n) is 4.49. The summed E-state index contributed by atoms with van der Waals surface area (Å²) in [6, 6.07) is 12.6. The Hall–Kier alpha value is -2.67. The molecular weight excluding hydrogens is 468 g/mol. The predicted octanol–water partition coefficient (Wildman–Crippen LogP) is 6.94. The maximum Gasteiger partial charge on any atom is 0.283 e. The largest absolute Gasteiger partial charge is 0.383 e. The summed E-state index contributed by atoms with van der Waals surface area (Å²) in [6.45, 7) is 7.31. The third-order valence-corrected chi connectivity index (χ3v) is 7.73. The number of carbonyl (C=O) groups excluding carboxylic acids is 2. The van der Waals surface area contributed by atoms with Crippen LogP contribution in [0, 0.1) is 5.92 Å². The molecule has 2 amide bonds. The lowest BCUT2D eigenvalue weighted by molar-refractivity contribution is -0.127. The number of likely N-dealkylation sites (N-methyl/N-ethyl adjacent to an activating group) is 1. The van der Waals surface area contributed by atoms with Gasteiger partial charge in [0.1, 0.15) is 0 Å². The van der Waals surface area contributed by atoms with E-state index < -0.39 is 0 Å². The Kier molecular flexibility index (Phi) is 10.5. The maximum absolute atomic E-state index is 12.6. The van der Waals surface area contributed by atoms with E-state index in [-0.39, 0.29) is 17.2 Å². The second kappa shape index (κ2) is 13.6. The Morgan fingerprint density at radius 2 is 1.86 bits per heavy atom. The molecule has 36 heavy (non-hydrogen) atoms. The normalized spacial score (nSPS) is 15.5. The number of rotatable bonds is 11. The number of anilines is 3. The number of hydrogen-bond acceptors (Lipinski definition) is 5. The zero-order valence-corrected chi connectivity index (χ0v) is 23.3. The Morgan fingerprint density at radius 3 is 2.53 bits per heavy atom. The van der Waals surface area contributed by atoms with Gasteiger partial charge in [0.05, 0.1) is 23.8 Å². The number of nitrogens with zero attached hydrogens (tertiary/aromatic N) is 1. The fraction of sp³-hybridized carbons (Fsp3) is 0.517. The minimum Gasteiger partial charge on any atom is -0.383 e. The third kappa shape index (κ3) is 7.66. The van der Waals surface area contributed by atoms with Gasteiger partial charge in [0.15, 0.2) is 0 Å². The number of benzene rings is 2. The van der Waals surface area contributed by atoms with E-state index in [0.29, 0.717) is 12.3 Å². The molecule has 2 aromatic rings. The number of carbonyl (C=O) groups is 2. The number of fused-ring (bicyclic) bond motifs is 1. The molecule has 0 saturated carbocycles. The predicted molar refractivity (Wildman–Crippen MR) is 154 cm³/mol. The van der Waals surface area contributed by atoms with E-state index >= 15 is 0 Å². The van der Waals surface area contributed by atoms with Crippen molar-refractivity contribution in [1.29, 1.82) is 0 Å². The first-order chi connectivity index (χ1) is 17.3. The number of hydrogen-bond donors (Lipinski definition) is 3. The molecule has 2 atom stereocenters. The molecule has 0 aromatic heterocycles. The van der Waals surface area contributed by atoms with Crippen molar-refractivity contribution in [3.05, 3.63) is 53.1 Å². The van der Waals surface area contributed by atoms with Crippen molar-refractivity contribution in [3.63, 3.8) is 0 Å². The van der Waals surface area contributed by atoms with Crippen LogP contribution in [0.2, 0.25) is 0 Å². The highest BCUT2D eigenvalue weighted by Gasteiger charge is 2.24. The van der Waals surface area contributed by atoms with E-state index in [1.807, 2.05) is 18.2 Å². The fourth-order valence-corrected chi connectivity index (χ4v) is 5.37. The van der Waals surface area contributed by atoms with Crippen LogP contribution in [0.5, 0.6) is 0 Å². The van der Waals surface area contributed by atoms with Crippen molar-refractivity contribution in [2.24, 2.45) is 5.92 Å². The first kappa shape index (κ1) is 27.9. The smallest absolute Gasteiger partial charge is 0.283 e. The lowest BCUT2D eigenvalue weighted by Crippen LogP contribution is -2.23. The van der Waals surface area contributed by atoms with Gasteiger partial charge in [-0.05, 0) is 73.4 Å². The summed E-state index contributed by atoms with van der Waals surface area (Å²) in [6.07, 6.45) is 5.74. The Morgan fingerprint density at radius 1 is 1.11 bits per heavy atom. The second-order valence-electron chi connectivity index (χ2n) is 9.90. The van der Waals surface area contributed by atoms with Gasteiger partial charge in [-0.25, -0.2) is 0 Å². The standard InChI is InChI=1S/C29H42N4O2S/c1-6-20(3)17-18-36-29(35)32-26-16-15-23-24(28(26)30-7-2)9-8-10-25(23)31-22-13-11-21(12-14-22)19-27(34)33(4)5/h11-16,20,25,30-31H,6-10,17-19H2,1-5H3,(H,32,35). The molecule has 2 aromatic carbocycles. The van der Waals surface area contributed by atoms with Crippen LogP contribution >= 0.6 is 11.8 Å². The SMILES string of the molecule is CCNc1c(NC(=O)SCCC(C)CC)ccc2c1CCCC2Nc1ccc(CC(=O)N(C)C)cc1. The van der Waals surface area contributed by atoms with E-state index in [2.05, 4.69) is 54.9 Å². The van der Waals surface area contributed by atoms with Gasteiger partial charge >= 0.3 is 0 Å². The monoisotopic (exact) mass is 510 g/mol.